The van der Waals surface area contributed by atoms with Crippen LogP contribution in [0.25, 0.3) is 0 Å². The van der Waals surface area contributed by atoms with E-state index in [0.717, 1.165) is 12.1 Å². The first-order valence-electron chi connectivity index (χ1n) is 7.34. The van der Waals surface area contributed by atoms with Crippen molar-refractivity contribution in [2.45, 2.75) is 46.1 Å². The average Bonchev–Trinajstić information content (AvgIpc) is 2.71. The molecule has 5 heteroatoms. The Labute approximate surface area is 124 Å². The van der Waals surface area contributed by atoms with Gasteiger partial charge in [0.15, 0.2) is 6.10 Å². The molecule has 1 aliphatic heterocycles. The van der Waals surface area contributed by atoms with Gasteiger partial charge in [-0.05, 0) is 6.42 Å². The maximum Gasteiger partial charge on any atom is 0.263 e. The number of nitrogens with zero attached hydrogens (tertiary/aromatic N) is 1. The second kappa shape index (κ2) is 7.96. The zero-order chi connectivity index (χ0) is 16.0. The summed E-state index contributed by atoms with van der Waals surface area (Å²) in [6.07, 6.45) is 1.54. The first kappa shape index (κ1) is 17.4. The third-order valence-electron chi connectivity index (χ3n) is 3.12. The molecule has 1 saturated heterocycles. The summed E-state index contributed by atoms with van der Waals surface area (Å²) in [5.41, 5.74) is 0.304. The predicted molar refractivity (Wildman–Crippen MR) is 78.4 cm³/mol. The van der Waals surface area contributed by atoms with E-state index in [1.807, 2.05) is 0 Å². The molecule has 2 rings (SSSR count). The van der Waals surface area contributed by atoms with Gasteiger partial charge in [-0.1, -0.05) is 27.2 Å². The Morgan fingerprint density at radius 2 is 1.90 bits per heavy atom. The van der Waals surface area contributed by atoms with E-state index < -0.39 is 17.7 Å². The minimum atomic E-state index is -0.696. The van der Waals surface area contributed by atoms with Crippen molar-refractivity contribution < 1.29 is 18.3 Å². The summed E-state index contributed by atoms with van der Waals surface area (Å²) < 4.78 is 32.2. The van der Waals surface area contributed by atoms with Crippen LogP contribution in [0.2, 0.25) is 0 Å². The highest BCUT2D eigenvalue weighted by Gasteiger charge is 2.31. The Bertz CT molecular complexity index is 491. The third kappa shape index (κ3) is 4.41. The number of amides is 1. The third-order valence-corrected chi connectivity index (χ3v) is 3.12. The molecule has 0 aromatic heterocycles. The van der Waals surface area contributed by atoms with Crippen molar-refractivity contribution in [2.75, 3.05) is 13.6 Å². The summed E-state index contributed by atoms with van der Waals surface area (Å²) in [7, 11) is 1.68. The lowest BCUT2D eigenvalue weighted by Crippen LogP contribution is -2.29. The molecular formula is C16H23F2NO2. The first-order chi connectivity index (χ1) is 9.94. The van der Waals surface area contributed by atoms with Crippen molar-refractivity contribution in [3.8, 4) is 5.75 Å². The number of carbonyl (C=O) groups is 1. The Kier molecular flexibility index (Phi) is 6.59. The van der Waals surface area contributed by atoms with E-state index >= 15 is 0 Å². The average molecular weight is 299 g/mol. The van der Waals surface area contributed by atoms with Gasteiger partial charge in [0.05, 0.1) is 0 Å². The van der Waals surface area contributed by atoms with E-state index in [2.05, 4.69) is 13.8 Å². The van der Waals surface area contributed by atoms with Crippen molar-refractivity contribution in [3.05, 3.63) is 29.3 Å². The summed E-state index contributed by atoms with van der Waals surface area (Å²) >= 11 is 0. The number of benzene rings is 1. The Morgan fingerprint density at radius 1 is 1.29 bits per heavy atom. The number of hydrogen-bond donors (Lipinski definition) is 0. The topological polar surface area (TPSA) is 29.5 Å². The molecule has 0 saturated carbocycles. The minimum absolute atomic E-state index is 0.128. The summed E-state index contributed by atoms with van der Waals surface area (Å²) in [6.45, 7) is 6.61. The highest BCUT2D eigenvalue weighted by Crippen LogP contribution is 2.27. The summed E-state index contributed by atoms with van der Waals surface area (Å²) in [4.78, 5) is 13.2. The van der Waals surface area contributed by atoms with Gasteiger partial charge in [-0.3, -0.25) is 4.79 Å². The molecule has 1 unspecified atom stereocenters. The molecule has 1 aromatic rings. The molecule has 1 fully saturated rings. The van der Waals surface area contributed by atoms with Crippen molar-refractivity contribution in [1.82, 2.24) is 4.90 Å². The fraction of sp³-hybridized carbons (Fsp3) is 0.562. The standard InChI is InChI=1S/C13H15F2NO2.C3H8/c1-3-9-10(15)6-8(14)7-12(9)18-11-4-5-16(2)13(11)17;1-3-2/h6-7,11H,3-5H2,1-2H3;3H2,1-2H3. The quantitative estimate of drug-likeness (QED) is 0.854. The Hall–Kier alpha value is -1.65. The van der Waals surface area contributed by atoms with Gasteiger partial charge in [-0.2, -0.15) is 0 Å². The van der Waals surface area contributed by atoms with Crippen LogP contribution in [0.15, 0.2) is 12.1 Å². The van der Waals surface area contributed by atoms with Gasteiger partial charge < -0.3 is 9.64 Å². The zero-order valence-electron chi connectivity index (χ0n) is 13.1. The van der Waals surface area contributed by atoms with Gasteiger partial charge in [-0.15, -0.1) is 0 Å². The Morgan fingerprint density at radius 3 is 2.38 bits per heavy atom. The van der Waals surface area contributed by atoms with Crippen LogP contribution in [0, 0.1) is 11.6 Å². The van der Waals surface area contributed by atoms with Crippen LogP contribution in [0.1, 0.15) is 39.2 Å². The number of likely N-dealkylation sites (tertiary alicyclic amines) is 1. The number of hydrogen-bond acceptors (Lipinski definition) is 2. The van der Waals surface area contributed by atoms with Gasteiger partial charge in [-0.25, -0.2) is 8.78 Å². The molecule has 1 atom stereocenters. The first-order valence-corrected chi connectivity index (χ1v) is 7.34. The number of carbonyl (C=O) groups excluding carboxylic acids is 1. The van der Waals surface area contributed by atoms with Crippen LogP contribution in [0.5, 0.6) is 5.75 Å². The monoisotopic (exact) mass is 299 g/mol. The Balaban J connectivity index is 0.000000677. The van der Waals surface area contributed by atoms with E-state index in [4.69, 9.17) is 4.74 Å². The van der Waals surface area contributed by atoms with E-state index in [9.17, 15) is 13.6 Å². The second-order valence-corrected chi connectivity index (χ2v) is 5.08. The van der Waals surface area contributed by atoms with E-state index in [1.54, 1.807) is 18.9 Å². The number of halogens is 2. The van der Waals surface area contributed by atoms with Crippen molar-refractivity contribution in [3.63, 3.8) is 0 Å². The number of ether oxygens (including phenoxy) is 1. The second-order valence-electron chi connectivity index (χ2n) is 5.08. The molecule has 0 spiro atoms. The smallest absolute Gasteiger partial charge is 0.263 e. The van der Waals surface area contributed by atoms with Gasteiger partial charge in [0, 0.05) is 37.7 Å². The summed E-state index contributed by atoms with van der Waals surface area (Å²) in [5.74, 6) is -1.35. The van der Waals surface area contributed by atoms with Crippen LogP contribution in [-0.4, -0.2) is 30.5 Å². The summed E-state index contributed by atoms with van der Waals surface area (Å²) in [5, 5.41) is 0. The van der Waals surface area contributed by atoms with Gasteiger partial charge in [0.1, 0.15) is 17.4 Å². The van der Waals surface area contributed by atoms with Gasteiger partial charge >= 0.3 is 0 Å². The molecule has 1 heterocycles. The number of likely N-dealkylation sites (N-methyl/N-ethyl adjacent to an activating group) is 1. The van der Waals surface area contributed by atoms with Crippen LogP contribution in [-0.2, 0) is 11.2 Å². The van der Waals surface area contributed by atoms with E-state index in [-0.39, 0.29) is 11.7 Å². The molecule has 1 amide bonds. The molecule has 21 heavy (non-hydrogen) atoms. The van der Waals surface area contributed by atoms with Crippen LogP contribution < -0.4 is 4.74 Å². The number of rotatable bonds is 3. The maximum atomic E-state index is 13.5. The normalized spacial score (nSPS) is 17.5. The van der Waals surface area contributed by atoms with Gasteiger partial charge in [0.25, 0.3) is 5.91 Å². The van der Waals surface area contributed by atoms with E-state index in [1.165, 1.54) is 6.42 Å². The van der Waals surface area contributed by atoms with Crippen LogP contribution >= 0.6 is 0 Å². The van der Waals surface area contributed by atoms with Gasteiger partial charge in [0.2, 0.25) is 0 Å². The largest absolute Gasteiger partial charge is 0.480 e. The lowest BCUT2D eigenvalue weighted by molar-refractivity contribution is -0.132. The molecule has 1 aromatic carbocycles. The molecule has 0 radical (unpaired) electrons. The highest BCUT2D eigenvalue weighted by molar-refractivity contribution is 5.83. The lowest BCUT2D eigenvalue weighted by atomic mass is 10.1. The molecule has 3 nitrogen and oxygen atoms in total. The van der Waals surface area contributed by atoms with Crippen molar-refractivity contribution in [2.24, 2.45) is 0 Å². The van der Waals surface area contributed by atoms with Crippen molar-refractivity contribution >= 4 is 5.91 Å². The fourth-order valence-corrected chi connectivity index (χ4v) is 2.08. The zero-order valence-corrected chi connectivity index (χ0v) is 13.1. The molecule has 0 N–H and O–H groups in total. The van der Waals surface area contributed by atoms with Crippen LogP contribution in [0.3, 0.4) is 0 Å². The lowest BCUT2D eigenvalue weighted by Gasteiger charge is -2.16. The molecule has 0 bridgehead atoms. The predicted octanol–water partition coefficient (Wildman–Crippen LogP) is 3.55. The molecular weight excluding hydrogens is 276 g/mol. The van der Waals surface area contributed by atoms with E-state index in [0.29, 0.717) is 24.9 Å². The maximum absolute atomic E-state index is 13.5. The fourth-order valence-electron chi connectivity index (χ4n) is 2.08. The molecule has 118 valence electrons. The van der Waals surface area contributed by atoms with Crippen LogP contribution in [0.4, 0.5) is 8.78 Å². The SMILES string of the molecule is CCC.CCc1c(F)cc(F)cc1OC1CCN(C)C1=O. The molecule has 1 aliphatic rings. The van der Waals surface area contributed by atoms with Crippen molar-refractivity contribution in [1.29, 1.82) is 0 Å². The molecule has 0 aliphatic carbocycles. The summed E-state index contributed by atoms with van der Waals surface area (Å²) in [6, 6.07) is 1.96. The minimum Gasteiger partial charge on any atom is -0.480 e. The highest BCUT2D eigenvalue weighted by atomic mass is 19.1.